The van der Waals surface area contributed by atoms with Crippen LogP contribution in [0.15, 0.2) is 253 Å². The molecular formula is C69H47N3O. The lowest BCUT2D eigenvalue weighted by atomic mass is 9.81. The summed E-state index contributed by atoms with van der Waals surface area (Å²) in [5.74, 6) is 0. The third-order valence-electron chi connectivity index (χ3n) is 15.7. The van der Waals surface area contributed by atoms with Gasteiger partial charge < -0.3 is 18.5 Å². The fraction of sp³-hybridized carbons (Fsp3) is 0.0435. The monoisotopic (exact) mass is 933 g/mol. The van der Waals surface area contributed by atoms with E-state index in [-0.39, 0.29) is 5.41 Å². The number of hydrogen-bond donors (Lipinski definition) is 0. The van der Waals surface area contributed by atoms with Gasteiger partial charge in [-0.15, -0.1) is 0 Å². The van der Waals surface area contributed by atoms with Crippen LogP contribution in [-0.4, -0.2) is 9.13 Å². The van der Waals surface area contributed by atoms with Crippen LogP contribution in [0.5, 0.6) is 0 Å². The van der Waals surface area contributed by atoms with E-state index in [1.807, 2.05) is 6.07 Å². The van der Waals surface area contributed by atoms with Gasteiger partial charge in [-0.3, -0.25) is 0 Å². The molecule has 11 aromatic carbocycles. The van der Waals surface area contributed by atoms with E-state index in [1.54, 1.807) is 0 Å². The van der Waals surface area contributed by atoms with Gasteiger partial charge in [0.2, 0.25) is 0 Å². The Kier molecular flexibility index (Phi) is 8.97. The maximum atomic E-state index is 6.51. The van der Waals surface area contributed by atoms with Crippen molar-refractivity contribution in [2.45, 2.75) is 19.3 Å². The molecule has 0 atom stereocenters. The zero-order valence-corrected chi connectivity index (χ0v) is 40.4. The van der Waals surface area contributed by atoms with Crippen molar-refractivity contribution in [1.29, 1.82) is 0 Å². The number of nitrogens with zero attached hydrogens (tertiary/aromatic N) is 3. The SMILES string of the molecule is CC1(C)c2cc(-c3ccc4c5ccccc5n(-c5ccccc5)c4c3)ccc2-c2ccc(N(c3ccc(-c4cccc5c4oc4ccccc45)cc3)c3ccc(-n4c5ccccc5c5ccccc54)cc3)cc21. The van der Waals surface area contributed by atoms with Gasteiger partial charge in [-0.1, -0.05) is 166 Å². The molecule has 344 valence electrons. The van der Waals surface area contributed by atoms with E-state index in [4.69, 9.17) is 4.42 Å². The number of rotatable bonds is 7. The second-order valence-corrected chi connectivity index (χ2v) is 20.1. The van der Waals surface area contributed by atoms with Crippen molar-refractivity contribution in [2.75, 3.05) is 4.90 Å². The minimum atomic E-state index is -0.263. The van der Waals surface area contributed by atoms with Crippen molar-refractivity contribution in [3.63, 3.8) is 0 Å². The Hall–Kier alpha value is -9.38. The Bertz CT molecular complexity index is 4460. The molecule has 15 rings (SSSR count). The molecule has 0 fully saturated rings. The van der Waals surface area contributed by atoms with Crippen LogP contribution in [0.25, 0.3) is 110 Å². The largest absolute Gasteiger partial charge is 0.455 e. The summed E-state index contributed by atoms with van der Waals surface area (Å²) >= 11 is 0. The van der Waals surface area contributed by atoms with Crippen molar-refractivity contribution in [3.8, 4) is 44.8 Å². The first kappa shape index (κ1) is 41.4. The molecule has 0 amide bonds. The van der Waals surface area contributed by atoms with E-state index in [1.165, 1.54) is 77.0 Å². The molecule has 4 nitrogen and oxygen atoms in total. The van der Waals surface area contributed by atoms with Crippen molar-refractivity contribution >= 4 is 82.6 Å². The lowest BCUT2D eigenvalue weighted by Gasteiger charge is -2.28. The van der Waals surface area contributed by atoms with Gasteiger partial charge in [-0.05, 0) is 136 Å². The van der Waals surface area contributed by atoms with Crippen LogP contribution < -0.4 is 4.90 Å². The average Bonchev–Trinajstić information content (AvgIpc) is 4.17. The number of furan rings is 1. The number of aromatic nitrogens is 2. The summed E-state index contributed by atoms with van der Waals surface area (Å²) in [4.78, 5) is 2.41. The van der Waals surface area contributed by atoms with Crippen molar-refractivity contribution in [3.05, 3.63) is 260 Å². The number of benzene rings is 11. The first-order valence-electron chi connectivity index (χ1n) is 25.2. The van der Waals surface area contributed by atoms with Crippen LogP contribution in [-0.2, 0) is 5.41 Å². The summed E-state index contributed by atoms with van der Waals surface area (Å²) in [6.45, 7) is 4.78. The molecule has 3 aromatic heterocycles. The van der Waals surface area contributed by atoms with Crippen LogP contribution in [0.3, 0.4) is 0 Å². The van der Waals surface area contributed by atoms with Crippen LogP contribution >= 0.6 is 0 Å². The normalized spacial score (nSPS) is 12.9. The number of fused-ring (bicyclic) bond motifs is 12. The van der Waals surface area contributed by atoms with Gasteiger partial charge in [-0.2, -0.15) is 0 Å². The third kappa shape index (κ3) is 6.27. The molecule has 0 saturated heterocycles. The highest BCUT2D eigenvalue weighted by molar-refractivity contribution is 6.12. The highest BCUT2D eigenvalue weighted by atomic mass is 16.3. The molecule has 0 radical (unpaired) electrons. The van der Waals surface area contributed by atoms with E-state index in [2.05, 4.69) is 271 Å². The van der Waals surface area contributed by atoms with Crippen molar-refractivity contribution in [2.24, 2.45) is 0 Å². The number of hydrogen-bond acceptors (Lipinski definition) is 2. The van der Waals surface area contributed by atoms with Gasteiger partial charge in [0.1, 0.15) is 11.2 Å². The maximum absolute atomic E-state index is 6.51. The highest BCUT2D eigenvalue weighted by Crippen LogP contribution is 2.52. The van der Waals surface area contributed by atoms with Crippen LogP contribution in [0.4, 0.5) is 17.1 Å². The first-order chi connectivity index (χ1) is 36.0. The molecule has 0 N–H and O–H groups in total. The predicted octanol–water partition coefficient (Wildman–Crippen LogP) is 18.9. The zero-order chi connectivity index (χ0) is 48.4. The van der Waals surface area contributed by atoms with Crippen LogP contribution in [0.2, 0.25) is 0 Å². The Morgan fingerprint density at radius 1 is 0.329 bits per heavy atom. The van der Waals surface area contributed by atoms with E-state index in [0.717, 1.165) is 61.5 Å². The molecule has 73 heavy (non-hydrogen) atoms. The molecule has 14 aromatic rings. The van der Waals surface area contributed by atoms with E-state index >= 15 is 0 Å². The summed E-state index contributed by atoms with van der Waals surface area (Å²) in [6, 6.07) is 90.9. The molecule has 1 aliphatic rings. The molecule has 3 heterocycles. The zero-order valence-electron chi connectivity index (χ0n) is 40.4. The lowest BCUT2D eigenvalue weighted by Crippen LogP contribution is -2.16. The quantitative estimate of drug-likeness (QED) is 0.159. The molecule has 0 bridgehead atoms. The molecule has 0 saturated carbocycles. The molecule has 1 aliphatic carbocycles. The number of anilines is 3. The van der Waals surface area contributed by atoms with Gasteiger partial charge in [0.05, 0.1) is 22.1 Å². The molecule has 0 spiro atoms. The summed E-state index contributed by atoms with van der Waals surface area (Å²) in [6.07, 6.45) is 0. The number of para-hydroxylation sites is 6. The standard InChI is InChI=1S/C69H47N3O/c1-69(2)61-41-45(46-30-39-58-57-19-8-12-25-65(57)72(66(58)42-46)47-15-4-3-5-16-47)29-38-53(61)54-40-37-51(43-62(54)69)70(48-31-27-44(28-32-48)52-21-14-22-60-59-20-9-13-26-67(59)73-68(52)60)49-33-35-50(36-34-49)71-63-23-10-6-17-55(63)56-18-7-11-24-64(56)71/h3-43H,1-2H3. The molecular weight excluding hydrogens is 887 g/mol. The van der Waals surface area contributed by atoms with Gasteiger partial charge >= 0.3 is 0 Å². The average molecular weight is 934 g/mol. The fourth-order valence-electron chi connectivity index (χ4n) is 12.2. The summed E-state index contributed by atoms with van der Waals surface area (Å²) in [5.41, 5.74) is 21.8. The van der Waals surface area contributed by atoms with E-state index in [9.17, 15) is 0 Å². The third-order valence-corrected chi connectivity index (χ3v) is 15.7. The molecule has 0 aliphatic heterocycles. The summed E-state index contributed by atoms with van der Waals surface area (Å²) < 4.78 is 11.3. The summed E-state index contributed by atoms with van der Waals surface area (Å²) in [5, 5.41) is 7.29. The van der Waals surface area contributed by atoms with Gasteiger partial charge in [0, 0.05) is 71.7 Å². The Labute approximate surface area is 422 Å². The van der Waals surface area contributed by atoms with Crippen molar-refractivity contribution in [1.82, 2.24) is 9.13 Å². The maximum Gasteiger partial charge on any atom is 0.143 e. The Morgan fingerprint density at radius 3 is 1.49 bits per heavy atom. The smallest absolute Gasteiger partial charge is 0.143 e. The van der Waals surface area contributed by atoms with Gasteiger partial charge in [0.25, 0.3) is 0 Å². The first-order valence-corrected chi connectivity index (χ1v) is 25.2. The lowest BCUT2D eigenvalue weighted by molar-refractivity contribution is 0.660. The van der Waals surface area contributed by atoms with Gasteiger partial charge in [-0.25, -0.2) is 0 Å². The Balaban J connectivity index is 0.838. The predicted molar refractivity (Wildman–Crippen MR) is 306 cm³/mol. The Morgan fingerprint density at radius 2 is 0.808 bits per heavy atom. The second kappa shape index (κ2) is 15.8. The van der Waals surface area contributed by atoms with Gasteiger partial charge in [0.15, 0.2) is 0 Å². The highest BCUT2D eigenvalue weighted by Gasteiger charge is 2.36. The van der Waals surface area contributed by atoms with E-state index in [0.29, 0.717) is 0 Å². The summed E-state index contributed by atoms with van der Waals surface area (Å²) in [7, 11) is 0. The van der Waals surface area contributed by atoms with Crippen LogP contribution in [0, 0.1) is 0 Å². The topological polar surface area (TPSA) is 26.2 Å². The van der Waals surface area contributed by atoms with Crippen LogP contribution in [0.1, 0.15) is 25.0 Å². The minimum absolute atomic E-state index is 0.263. The minimum Gasteiger partial charge on any atom is -0.455 e. The fourth-order valence-corrected chi connectivity index (χ4v) is 12.2. The molecule has 4 heteroatoms. The molecule has 0 unspecified atom stereocenters. The second-order valence-electron chi connectivity index (χ2n) is 20.1. The van der Waals surface area contributed by atoms with E-state index < -0.39 is 0 Å². The van der Waals surface area contributed by atoms with Crippen molar-refractivity contribution < 1.29 is 4.42 Å².